The van der Waals surface area contributed by atoms with Crippen LogP contribution in [0.1, 0.15) is 42.1 Å². The minimum Gasteiger partial charge on any atom is -0.478 e. The average Bonchev–Trinajstić information content (AvgIpc) is 2.44. The van der Waals surface area contributed by atoms with Crippen LogP contribution < -0.4 is 0 Å². The van der Waals surface area contributed by atoms with Gasteiger partial charge in [-0.1, -0.05) is 18.6 Å². The molecule has 1 N–H and O–H groups in total. The van der Waals surface area contributed by atoms with Gasteiger partial charge in [0.05, 0.1) is 0 Å². The van der Waals surface area contributed by atoms with Crippen molar-refractivity contribution in [2.24, 2.45) is 5.92 Å². The molecule has 21 heavy (non-hydrogen) atoms. The van der Waals surface area contributed by atoms with Crippen molar-refractivity contribution < 1.29 is 14.7 Å². The molecule has 1 aliphatic rings. The van der Waals surface area contributed by atoms with Crippen LogP contribution in [0.5, 0.6) is 0 Å². The molecule has 2 rings (SSSR count). The number of carboxylic acid groups (broad SMARTS) is 1. The number of benzene rings is 1. The molecule has 1 fully saturated rings. The van der Waals surface area contributed by atoms with E-state index in [2.05, 4.69) is 0 Å². The molecule has 0 spiro atoms. The third-order valence-corrected chi connectivity index (χ3v) is 3.95. The third-order valence-electron chi connectivity index (χ3n) is 3.95. The maximum absolute atomic E-state index is 12.4. The second kappa shape index (κ2) is 7.07. The van der Waals surface area contributed by atoms with Gasteiger partial charge in [-0.25, -0.2) is 4.79 Å². The molecule has 0 unspecified atom stereocenters. The Morgan fingerprint density at radius 2 is 1.95 bits per heavy atom. The predicted molar refractivity (Wildman–Crippen MR) is 82.0 cm³/mol. The highest BCUT2D eigenvalue weighted by Gasteiger charge is 2.23. The van der Waals surface area contributed by atoms with Crippen LogP contribution >= 0.6 is 0 Å². The Kier molecular flexibility index (Phi) is 5.14. The minimum absolute atomic E-state index is 0.0539. The van der Waals surface area contributed by atoms with Crippen LogP contribution in [0, 0.1) is 5.92 Å². The van der Waals surface area contributed by atoms with E-state index in [0.29, 0.717) is 11.5 Å². The van der Waals surface area contributed by atoms with Crippen LogP contribution in [-0.4, -0.2) is 35.0 Å². The number of amides is 1. The first-order valence-electron chi connectivity index (χ1n) is 7.40. The number of carboxylic acids is 1. The summed E-state index contributed by atoms with van der Waals surface area (Å²) in [4.78, 5) is 24.8. The van der Waals surface area contributed by atoms with Crippen molar-refractivity contribution >= 4 is 18.0 Å². The highest BCUT2D eigenvalue weighted by atomic mass is 16.4. The number of nitrogens with zero attached hydrogens (tertiary/aromatic N) is 1. The van der Waals surface area contributed by atoms with Crippen molar-refractivity contribution in [1.29, 1.82) is 0 Å². The normalized spacial score (nSPS) is 14.9. The van der Waals surface area contributed by atoms with Gasteiger partial charge in [0.2, 0.25) is 0 Å². The van der Waals surface area contributed by atoms with Gasteiger partial charge in [-0.05, 0) is 49.5 Å². The molecular weight excluding hydrogens is 266 g/mol. The smallest absolute Gasteiger partial charge is 0.328 e. The maximum atomic E-state index is 12.4. The standard InChI is InChI=1S/C17H21NO3/c1-2-18(12-14-4-3-5-14)17(21)15-9-6-13(7-10-15)8-11-16(19)20/h6-11,14H,2-5,12H2,1H3,(H,19,20)/b11-8+. The van der Waals surface area contributed by atoms with Crippen LogP contribution in [0.15, 0.2) is 30.3 Å². The van der Waals surface area contributed by atoms with Gasteiger partial charge in [-0.2, -0.15) is 0 Å². The van der Waals surface area contributed by atoms with Gasteiger partial charge in [0.1, 0.15) is 0 Å². The Labute approximate surface area is 125 Å². The Bertz CT molecular complexity index is 529. The number of hydrogen-bond acceptors (Lipinski definition) is 2. The fraction of sp³-hybridized carbons (Fsp3) is 0.412. The second-order valence-electron chi connectivity index (χ2n) is 5.43. The van der Waals surface area contributed by atoms with Gasteiger partial charge in [0.25, 0.3) is 5.91 Å². The number of rotatable bonds is 6. The summed E-state index contributed by atoms with van der Waals surface area (Å²) in [6, 6.07) is 7.05. The molecule has 0 bridgehead atoms. The molecule has 0 aliphatic heterocycles. The molecule has 0 aromatic heterocycles. The lowest BCUT2D eigenvalue weighted by molar-refractivity contribution is -0.131. The number of aliphatic carboxylic acids is 1. The van der Waals surface area contributed by atoms with E-state index in [-0.39, 0.29) is 5.91 Å². The van der Waals surface area contributed by atoms with Crippen molar-refractivity contribution in [3.8, 4) is 0 Å². The zero-order chi connectivity index (χ0) is 15.2. The highest BCUT2D eigenvalue weighted by molar-refractivity contribution is 5.94. The predicted octanol–water partition coefficient (Wildman–Crippen LogP) is 3.05. The molecule has 1 aromatic carbocycles. The van der Waals surface area contributed by atoms with Gasteiger partial charge >= 0.3 is 5.97 Å². The van der Waals surface area contributed by atoms with Crippen LogP contribution in [0.3, 0.4) is 0 Å². The fourth-order valence-electron chi connectivity index (χ4n) is 2.43. The SMILES string of the molecule is CCN(CC1CCC1)C(=O)c1ccc(/C=C/C(=O)O)cc1. The first-order valence-corrected chi connectivity index (χ1v) is 7.40. The van der Waals surface area contributed by atoms with Gasteiger partial charge < -0.3 is 10.0 Å². The highest BCUT2D eigenvalue weighted by Crippen LogP contribution is 2.27. The lowest BCUT2D eigenvalue weighted by Gasteiger charge is -2.31. The van der Waals surface area contributed by atoms with Crippen molar-refractivity contribution in [2.75, 3.05) is 13.1 Å². The van der Waals surface area contributed by atoms with Crippen LogP contribution in [0.4, 0.5) is 0 Å². The topological polar surface area (TPSA) is 57.6 Å². The average molecular weight is 287 g/mol. The fourth-order valence-corrected chi connectivity index (χ4v) is 2.43. The first-order chi connectivity index (χ1) is 10.1. The number of carbonyl (C=O) groups is 2. The largest absolute Gasteiger partial charge is 0.478 e. The van der Waals surface area contributed by atoms with E-state index >= 15 is 0 Å². The lowest BCUT2D eigenvalue weighted by atomic mass is 9.85. The van der Waals surface area contributed by atoms with E-state index in [0.717, 1.165) is 24.7 Å². The Morgan fingerprint density at radius 1 is 1.29 bits per heavy atom. The van der Waals surface area contributed by atoms with Crippen molar-refractivity contribution in [3.05, 3.63) is 41.5 Å². The summed E-state index contributed by atoms with van der Waals surface area (Å²) in [7, 11) is 0. The quantitative estimate of drug-likeness (QED) is 0.818. The number of hydrogen-bond donors (Lipinski definition) is 1. The van der Waals surface area contributed by atoms with Crippen molar-refractivity contribution in [1.82, 2.24) is 4.90 Å². The molecule has 112 valence electrons. The minimum atomic E-state index is -0.979. The second-order valence-corrected chi connectivity index (χ2v) is 5.43. The van der Waals surface area contributed by atoms with E-state index in [1.807, 2.05) is 11.8 Å². The molecule has 0 heterocycles. The molecule has 0 atom stereocenters. The molecule has 4 heteroatoms. The van der Waals surface area contributed by atoms with Crippen LogP contribution in [-0.2, 0) is 4.79 Å². The molecule has 0 radical (unpaired) electrons. The van der Waals surface area contributed by atoms with Gasteiger partial charge in [-0.15, -0.1) is 0 Å². The van der Waals surface area contributed by atoms with E-state index in [1.165, 1.54) is 25.3 Å². The summed E-state index contributed by atoms with van der Waals surface area (Å²) < 4.78 is 0. The Balaban J connectivity index is 2.02. The van der Waals surface area contributed by atoms with E-state index in [4.69, 9.17) is 5.11 Å². The van der Waals surface area contributed by atoms with Gasteiger partial charge in [0.15, 0.2) is 0 Å². The Hall–Kier alpha value is -2.10. The first kappa shape index (κ1) is 15.3. The Morgan fingerprint density at radius 3 is 2.43 bits per heavy atom. The summed E-state index contributed by atoms with van der Waals surface area (Å²) in [5, 5.41) is 8.59. The molecule has 1 aliphatic carbocycles. The van der Waals surface area contributed by atoms with E-state index < -0.39 is 5.97 Å². The van der Waals surface area contributed by atoms with E-state index in [9.17, 15) is 9.59 Å². The van der Waals surface area contributed by atoms with Crippen LogP contribution in [0.25, 0.3) is 6.08 Å². The summed E-state index contributed by atoms with van der Waals surface area (Å²) >= 11 is 0. The third kappa shape index (κ3) is 4.18. The monoisotopic (exact) mass is 287 g/mol. The number of carbonyl (C=O) groups excluding carboxylic acids is 1. The zero-order valence-electron chi connectivity index (χ0n) is 12.3. The zero-order valence-corrected chi connectivity index (χ0v) is 12.3. The summed E-state index contributed by atoms with van der Waals surface area (Å²) in [5.41, 5.74) is 1.43. The lowest BCUT2D eigenvalue weighted by Crippen LogP contribution is -2.37. The summed E-state index contributed by atoms with van der Waals surface area (Å²) in [6.07, 6.45) is 6.33. The summed E-state index contributed by atoms with van der Waals surface area (Å²) in [6.45, 7) is 3.56. The molecule has 1 aromatic rings. The summed E-state index contributed by atoms with van der Waals surface area (Å²) in [5.74, 6) is -0.266. The maximum Gasteiger partial charge on any atom is 0.328 e. The van der Waals surface area contributed by atoms with Crippen molar-refractivity contribution in [3.63, 3.8) is 0 Å². The molecule has 4 nitrogen and oxygen atoms in total. The molecule has 1 saturated carbocycles. The van der Waals surface area contributed by atoms with Gasteiger partial charge in [-0.3, -0.25) is 4.79 Å². The van der Waals surface area contributed by atoms with E-state index in [1.54, 1.807) is 24.3 Å². The molecular formula is C17H21NO3. The molecule has 0 saturated heterocycles. The van der Waals surface area contributed by atoms with Gasteiger partial charge in [0, 0.05) is 24.7 Å². The van der Waals surface area contributed by atoms with Crippen LogP contribution in [0.2, 0.25) is 0 Å². The molecule has 1 amide bonds. The van der Waals surface area contributed by atoms with Crippen molar-refractivity contribution in [2.45, 2.75) is 26.2 Å².